The molecule has 1 saturated heterocycles. The van der Waals surface area contributed by atoms with Gasteiger partial charge < -0.3 is 9.64 Å². The molecule has 1 amide bonds. The first-order valence-corrected chi connectivity index (χ1v) is 13.0. The topological polar surface area (TPSA) is 66.9 Å². The van der Waals surface area contributed by atoms with E-state index in [1.807, 2.05) is 29.2 Å². The molecule has 0 aromatic heterocycles. The third-order valence-corrected chi connectivity index (χ3v) is 8.82. The zero-order chi connectivity index (χ0) is 24.5. The van der Waals surface area contributed by atoms with E-state index in [-0.39, 0.29) is 31.0 Å². The van der Waals surface area contributed by atoms with Crippen molar-refractivity contribution in [2.75, 3.05) is 20.2 Å². The van der Waals surface area contributed by atoms with Gasteiger partial charge in [-0.2, -0.15) is 4.31 Å². The van der Waals surface area contributed by atoms with E-state index in [4.69, 9.17) is 4.74 Å². The van der Waals surface area contributed by atoms with Gasteiger partial charge in [0.2, 0.25) is 15.9 Å². The molecule has 2 aliphatic rings. The Kier molecular flexibility index (Phi) is 7.23. The summed E-state index contributed by atoms with van der Waals surface area (Å²) in [6.07, 6.45) is 2.88. The highest BCUT2D eigenvalue weighted by atomic mass is 32.2. The van der Waals surface area contributed by atoms with Gasteiger partial charge in [-0.3, -0.25) is 4.79 Å². The Morgan fingerprint density at radius 1 is 1.09 bits per heavy atom. The zero-order valence-electron chi connectivity index (χ0n) is 19.4. The number of benzene rings is 2. The number of ether oxygens (including phenoxy) is 1. The van der Waals surface area contributed by atoms with Crippen molar-refractivity contribution in [3.63, 3.8) is 0 Å². The largest absolute Gasteiger partial charge is 0.497 e. The van der Waals surface area contributed by atoms with Crippen molar-refractivity contribution < 1.29 is 26.7 Å². The van der Waals surface area contributed by atoms with E-state index in [2.05, 4.69) is 6.92 Å². The van der Waals surface area contributed by atoms with Crippen molar-refractivity contribution in [3.05, 3.63) is 59.7 Å². The van der Waals surface area contributed by atoms with Crippen LogP contribution in [0.1, 0.15) is 38.2 Å². The van der Waals surface area contributed by atoms with Gasteiger partial charge in [0.25, 0.3) is 0 Å². The number of rotatable bonds is 8. The Hall–Kier alpha value is -2.52. The van der Waals surface area contributed by atoms with Gasteiger partial charge in [0.15, 0.2) is 0 Å². The lowest BCUT2D eigenvalue weighted by atomic mass is 9.95. The predicted octanol–water partition coefficient (Wildman–Crippen LogP) is 4.20. The summed E-state index contributed by atoms with van der Waals surface area (Å²) in [5, 5.41) is 0. The summed E-state index contributed by atoms with van der Waals surface area (Å²) >= 11 is 0. The molecule has 1 heterocycles. The fraction of sp³-hybridized carbons (Fsp3) is 0.480. The number of carbonyl (C=O) groups excluding carboxylic acids is 1. The van der Waals surface area contributed by atoms with Crippen LogP contribution in [-0.4, -0.2) is 49.8 Å². The van der Waals surface area contributed by atoms with E-state index in [0.717, 1.165) is 40.6 Å². The average Bonchev–Trinajstić information content (AvgIpc) is 3.69. The number of halogens is 2. The summed E-state index contributed by atoms with van der Waals surface area (Å²) in [4.78, 5) is 14.8. The van der Waals surface area contributed by atoms with Crippen LogP contribution in [0, 0.1) is 23.5 Å². The highest BCUT2D eigenvalue weighted by Crippen LogP contribution is 2.37. The van der Waals surface area contributed by atoms with Crippen LogP contribution in [0.15, 0.2) is 47.4 Å². The Balaban J connectivity index is 1.45. The van der Waals surface area contributed by atoms with Crippen LogP contribution in [0.25, 0.3) is 0 Å². The molecule has 2 aromatic rings. The Labute approximate surface area is 199 Å². The van der Waals surface area contributed by atoms with Gasteiger partial charge in [-0.05, 0) is 74.4 Å². The normalized spacial score (nSPS) is 18.5. The number of methoxy groups -OCH3 is 1. The van der Waals surface area contributed by atoms with Crippen molar-refractivity contribution in [3.8, 4) is 5.75 Å². The maximum absolute atomic E-state index is 14.1. The van der Waals surface area contributed by atoms with Gasteiger partial charge in [0.1, 0.15) is 22.3 Å². The number of piperidine rings is 1. The summed E-state index contributed by atoms with van der Waals surface area (Å²) in [7, 11) is -2.57. The molecular weight excluding hydrogens is 462 g/mol. The molecule has 1 aliphatic heterocycles. The molecule has 9 heteroatoms. The first kappa shape index (κ1) is 24.6. The van der Waals surface area contributed by atoms with Crippen LogP contribution in [0.3, 0.4) is 0 Å². The minimum Gasteiger partial charge on any atom is -0.497 e. The molecule has 1 saturated carbocycles. The van der Waals surface area contributed by atoms with E-state index in [0.29, 0.717) is 31.4 Å². The van der Waals surface area contributed by atoms with E-state index >= 15 is 0 Å². The minimum atomic E-state index is -4.18. The highest BCUT2D eigenvalue weighted by molar-refractivity contribution is 7.89. The standard InChI is InChI=1S/C25H30F2N2O4S/c1-17(19-5-6-19)29(16-18-3-8-22(33-2)9-4-18)25(30)20-11-13-28(14-12-20)34(31,32)24-15-21(26)7-10-23(24)27/h3-4,7-10,15,17,19-20H,5-6,11-14,16H2,1-2H3. The molecule has 0 spiro atoms. The molecule has 34 heavy (non-hydrogen) atoms. The van der Waals surface area contributed by atoms with Gasteiger partial charge in [0, 0.05) is 31.6 Å². The van der Waals surface area contributed by atoms with E-state index < -0.39 is 26.6 Å². The molecule has 1 atom stereocenters. The van der Waals surface area contributed by atoms with Crippen LogP contribution < -0.4 is 4.74 Å². The third kappa shape index (κ3) is 5.25. The number of carbonyl (C=O) groups is 1. The summed E-state index contributed by atoms with van der Waals surface area (Å²) in [5.41, 5.74) is 1.00. The number of hydrogen-bond acceptors (Lipinski definition) is 4. The van der Waals surface area contributed by atoms with E-state index in [1.165, 1.54) is 0 Å². The van der Waals surface area contributed by atoms with Crippen LogP contribution in [0.4, 0.5) is 8.78 Å². The van der Waals surface area contributed by atoms with E-state index in [1.54, 1.807) is 7.11 Å². The minimum absolute atomic E-state index is 0.0178. The maximum Gasteiger partial charge on any atom is 0.246 e. The quantitative estimate of drug-likeness (QED) is 0.554. The molecule has 2 aromatic carbocycles. The van der Waals surface area contributed by atoms with Crippen molar-refractivity contribution in [2.24, 2.45) is 11.8 Å². The Bertz CT molecular complexity index is 1130. The van der Waals surface area contributed by atoms with Crippen LogP contribution >= 0.6 is 0 Å². The lowest BCUT2D eigenvalue weighted by Crippen LogP contribution is -2.47. The molecule has 1 aliphatic carbocycles. The molecule has 1 unspecified atom stereocenters. The van der Waals surface area contributed by atoms with Crippen LogP contribution in [0.2, 0.25) is 0 Å². The second-order valence-electron chi connectivity index (χ2n) is 9.15. The smallest absolute Gasteiger partial charge is 0.246 e. The fourth-order valence-electron chi connectivity index (χ4n) is 4.57. The Morgan fingerprint density at radius 2 is 1.74 bits per heavy atom. The average molecular weight is 493 g/mol. The van der Waals surface area contributed by atoms with Crippen LogP contribution in [-0.2, 0) is 21.4 Å². The highest BCUT2D eigenvalue weighted by Gasteiger charge is 2.39. The van der Waals surface area contributed by atoms with Crippen molar-refractivity contribution in [2.45, 2.75) is 50.1 Å². The first-order chi connectivity index (χ1) is 16.2. The summed E-state index contributed by atoms with van der Waals surface area (Å²) in [6.45, 7) is 2.73. The number of sulfonamides is 1. The molecule has 0 N–H and O–H groups in total. The molecule has 0 radical (unpaired) electrons. The second-order valence-corrected chi connectivity index (χ2v) is 11.1. The molecular formula is C25H30F2N2O4S. The second kappa shape index (κ2) is 10.00. The number of hydrogen-bond donors (Lipinski definition) is 0. The lowest BCUT2D eigenvalue weighted by molar-refractivity contribution is -0.140. The SMILES string of the molecule is COc1ccc(CN(C(=O)C2CCN(S(=O)(=O)c3cc(F)ccc3F)CC2)C(C)C2CC2)cc1. The summed E-state index contributed by atoms with van der Waals surface area (Å²) in [6, 6.07) is 10.1. The van der Waals surface area contributed by atoms with Crippen LogP contribution in [0.5, 0.6) is 5.75 Å². The summed E-state index contributed by atoms with van der Waals surface area (Å²) in [5.74, 6) is -0.858. The predicted molar refractivity (Wildman–Crippen MR) is 124 cm³/mol. The number of amides is 1. The monoisotopic (exact) mass is 492 g/mol. The van der Waals surface area contributed by atoms with E-state index in [9.17, 15) is 22.0 Å². The first-order valence-electron chi connectivity index (χ1n) is 11.6. The molecule has 2 fully saturated rings. The molecule has 0 bridgehead atoms. The fourth-order valence-corrected chi connectivity index (χ4v) is 6.12. The van der Waals surface area contributed by atoms with Gasteiger partial charge in [-0.1, -0.05) is 12.1 Å². The van der Waals surface area contributed by atoms with Gasteiger partial charge in [-0.25, -0.2) is 17.2 Å². The van der Waals surface area contributed by atoms with Gasteiger partial charge in [0.05, 0.1) is 7.11 Å². The summed E-state index contributed by atoms with van der Waals surface area (Å²) < 4.78 is 59.8. The van der Waals surface area contributed by atoms with Crippen molar-refractivity contribution in [1.29, 1.82) is 0 Å². The number of nitrogens with zero attached hydrogens (tertiary/aromatic N) is 2. The van der Waals surface area contributed by atoms with Crippen molar-refractivity contribution in [1.82, 2.24) is 9.21 Å². The zero-order valence-corrected chi connectivity index (χ0v) is 20.2. The Morgan fingerprint density at radius 3 is 2.32 bits per heavy atom. The van der Waals surface area contributed by atoms with Gasteiger partial charge >= 0.3 is 0 Å². The van der Waals surface area contributed by atoms with Gasteiger partial charge in [-0.15, -0.1) is 0 Å². The molecule has 4 rings (SSSR count). The lowest BCUT2D eigenvalue weighted by Gasteiger charge is -2.36. The molecule has 6 nitrogen and oxygen atoms in total. The molecule has 184 valence electrons. The third-order valence-electron chi connectivity index (χ3n) is 6.91. The van der Waals surface area contributed by atoms with Crippen molar-refractivity contribution >= 4 is 15.9 Å². The maximum atomic E-state index is 14.1.